The van der Waals surface area contributed by atoms with Crippen LogP contribution in [0.3, 0.4) is 0 Å². The van der Waals surface area contributed by atoms with Crippen molar-refractivity contribution >= 4 is 23.1 Å². The maximum absolute atomic E-state index is 11.7. The Morgan fingerprint density at radius 3 is 2.88 bits per heavy atom. The second-order valence-electron chi connectivity index (χ2n) is 3.20. The van der Waals surface area contributed by atoms with Gasteiger partial charge in [0.15, 0.2) is 0 Å². The van der Waals surface area contributed by atoms with Crippen molar-refractivity contribution in [3.8, 4) is 0 Å². The number of thiophene rings is 1. The molecule has 1 atom stereocenters. The minimum absolute atomic E-state index is 0.249. The molecule has 3 N–H and O–H groups in total. The lowest BCUT2D eigenvalue weighted by Crippen LogP contribution is -2.27. The lowest BCUT2D eigenvalue weighted by Gasteiger charge is -2.09. The highest BCUT2D eigenvalue weighted by molar-refractivity contribution is 7.10. The van der Waals surface area contributed by atoms with Crippen LogP contribution in [0.5, 0.6) is 0 Å². The second-order valence-corrected chi connectivity index (χ2v) is 4.18. The fourth-order valence-corrected chi connectivity index (χ4v) is 1.96. The van der Waals surface area contributed by atoms with Crippen LogP contribution in [-0.4, -0.2) is 10.9 Å². The zero-order valence-electron chi connectivity index (χ0n) is 8.46. The smallest absolute Gasteiger partial charge is 0.247 e. The quantitative estimate of drug-likeness (QED) is 0.849. The highest BCUT2D eigenvalue weighted by Gasteiger charge is 2.16. The molecule has 2 aromatic rings. The number of hydrogen-bond donors (Lipinski definition) is 2. The normalized spacial score (nSPS) is 12.1. The summed E-state index contributed by atoms with van der Waals surface area (Å²) in [6, 6.07) is 8.39. The van der Waals surface area contributed by atoms with E-state index in [1.54, 1.807) is 24.4 Å². The number of hydrogen-bond acceptors (Lipinski definition) is 4. The van der Waals surface area contributed by atoms with Crippen molar-refractivity contribution in [2.45, 2.75) is 6.04 Å². The number of pyridine rings is 1. The fraction of sp³-hybridized carbons (Fsp3) is 0.0909. The average Bonchev–Trinajstić information content (AvgIpc) is 2.83. The highest BCUT2D eigenvalue weighted by Crippen LogP contribution is 2.17. The first-order valence-corrected chi connectivity index (χ1v) is 5.66. The number of amides is 1. The molecular formula is C11H11N3OS. The number of aromatic nitrogens is 1. The summed E-state index contributed by atoms with van der Waals surface area (Å²) in [7, 11) is 0. The molecule has 0 aliphatic carbocycles. The van der Waals surface area contributed by atoms with Crippen molar-refractivity contribution in [3.05, 3.63) is 46.8 Å². The molecule has 1 unspecified atom stereocenters. The van der Waals surface area contributed by atoms with Gasteiger partial charge < -0.3 is 11.1 Å². The van der Waals surface area contributed by atoms with Crippen LogP contribution >= 0.6 is 11.3 Å². The van der Waals surface area contributed by atoms with E-state index in [2.05, 4.69) is 10.3 Å². The molecule has 0 aliphatic rings. The summed E-state index contributed by atoms with van der Waals surface area (Å²) < 4.78 is 0. The van der Waals surface area contributed by atoms with Crippen molar-refractivity contribution in [2.75, 3.05) is 5.32 Å². The summed E-state index contributed by atoms with van der Waals surface area (Å²) >= 11 is 1.46. The van der Waals surface area contributed by atoms with Crippen LogP contribution in [0.2, 0.25) is 0 Å². The average molecular weight is 233 g/mol. The Morgan fingerprint density at radius 2 is 2.25 bits per heavy atom. The van der Waals surface area contributed by atoms with Gasteiger partial charge in [0.05, 0.1) is 0 Å². The van der Waals surface area contributed by atoms with Gasteiger partial charge in [-0.1, -0.05) is 12.1 Å². The summed E-state index contributed by atoms with van der Waals surface area (Å²) in [4.78, 5) is 16.6. The Balaban J connectivity index is 2.04. The lowest BCUT2D eigenvalue weighted by molar-refractivity contribution is -0.117. The van der Waals surface area contributed by atoms with Gasteiger partial charge >= 0.3 is 0 Å². The Bertz CT molecular complexity index is 455. The van der Waals surface area contributed by atoms with Gasteiger partial charge in [-0.05, 0) is 23.6 Å². The van der Waals surface area contributed by atoms with Gasteiger partial charge in [-0.15, -0.1) is 11.3 Å². The number of nitrogens with two attached hydrogens (primary N) is 1. The van der Waals surface area contributed by atoms with E-state index in [9.17, 15) is 4.79 Å². The topological polar surface area (TPSA) is 68.0 Å². The zero-order valence-corrected chi connectivity index (χ0v) is 9.28. The third kappa shape index (κ3) is 2.44. The van der Waals surface area contributed by atoms with E-state index < -0.39 is 6.04 Å². The number of carbonyl (C=O) groups excluding carboxylic acids is 1. The van der Waals surface area contributed by atoms with E-state index in [1.807, 2.05) is 17.5 Å². The molecule has 16 heavy (non-hydrogen) atoms. The van der Waals surface area contributed by atoms with Crippen LogP contribution in [0.15, 0.2) is 41.9 Å². The van der Waals surface area contributed by atoms with Crippen molar-refractivity contribution in [1.82, 2.24) is 4.98 Å². The molecule has 2 rings (SSSR count). The predicted octanol–water partition coefficient (Wildman–Crippen LogP) is 1.78. The van der Waals surface area contributed by atoms with Crippen molar-refractivity contribution in [2.24, 2.45) is 5.73 Å². The van der Waals surface area contributed by atoms with Crippen molar-refractivity contribution in [3.63, 3.8) is 0 Å². The predicted molar refractivity (Wildman–Crippen MR) is 64.1 cm³/mol. The summed E-state index contributed by atoms with van der Waals surface area (Å²) in [6.45, 7) is 0. The first-order chi connectivity index (χ1) is 7.77. The highest BCUT2D eigenvalue weighted by atomic mass is 32.1. The van der Waals surface area contributed by atoms with Crippen LogP contribution in [0.1, 0.15) is 10.9 Å². The van der Waals surface area contributed by atoms with Crippen molar-refractivity contribution in [1.29, 1.82) is 0 Å². The summed E-state index contributed by atoms with van der Waals surface area (Å²) in [5, 5.41) is 4.55. The van der Waals surface area contributed by atoms with Crippen LogP contribution in [0.4, 0.5) is 5.82 Å². The molecule has 5 heteroatoms. The molecule has 0 aliphatic heterocycles. The van der Waals surface area contributed by atoms with Crippen molar-refractivity contribution < 1.29 is 4.79 Å². The molecule has 4 nitrogen and oxygen atoms in total. The van der Waals surface area contributed by atoms with Crippen LogP contribution in [-0.2, 0) is 4.79 Å². The molecule has 0 fully saturated rings. The van der Waals surface area contributed by atoms with Gasteiger partial charge in [0.1, 0.15) is 11.9 Å². The van der Waals surface area contributed by atoms with Gasteiger partial charge in [-0.2, -0.15) is 0 Å². The monoisotopic (exact) mass is 233 g/mol. The van der Waals surface area contributed by atoms with E-state index >= 15 is 0 Å². The first kappa shape index (κ1) is 10.8. The Hall–Kier alpha value is -1.72. The summed E-state index contributed by atoms with van der Waals surface area (Å²) in [5.41, 5.74) is 5.80. The Kier molecular flexibility index (Phi) is 3.28. The van der Waals surface area contributed by atoms with E-state index in [4.69, 9.17) is 5.73 Å². The molecule has 0 aromatic carbocycles. The van der Waals surface area contributed by atoms with E-state index in [0.29, 0.717) is 5.82 Å². The Labute approximate surface area is 97.1 Å². The van der Waals surface area contributed by atoms with E-state index in [0.717, 1.165) is 4.88 Å². The van der Waals surface area contributed by atoms with Gasteiger partial charge in [0, 0.05) is 11.1 Å². The standard InChI is InChI=1S/C11H11N3OS/c12-10(8-4-3-7-16-8)11(15)14-9-5-1-2-6-13-9/h1-7,10H,12H2,(H,13,14,15). The van der Waals surface area contributed by atoms with E-state index in [-0.39, 0.29) is 5.91 Å². The van der Waals surface area contributed by atoms with Crippen LogP contribution in [0.25, 0.3) is 0 Å². The second kappa shape index (κ2) is 4.87. The molecule has 0 saturated heterocycles. The molecule has 2 aromatic heterocycles. The number of nitrogens with one attached hydrogen (secondary N) is 1. The van der Waals surface area contributed by atoms with Gasteiger partial charge in [0.25, 0.3) is 0 Å². The van der Waals surface area contributed by atoms with Gasteiger partial charge in [0.2, 0.25) is 5.91 Å². The van der Waals surface area contributed by atoms with Crippen LogP contribution < -0.4 is 11.1 Å². The Morgan fingerprint density at radius 1 is 1.38 bits per heavy atom. The maximum Gasteiger partial charge on any atom is 0.247 e. The molecule has 0 radical (unpaired) electrons. The number of carbonyl (C=O) groups is 1. The summed E-state index contributed by atoms with van der Waals surface area (Å²) in [5.74, 6) is 0.264. The van der Waals surface area contributed by atoms with E-state index in [1.165, 1.54) is 11.3 Å². The largest absolute Gasteiger partial charge is 0.316 e. The molecule has 82 valence electrons. The van der Waals surface area contributed by atoms with Crippen LogP contribution in [0, 0.1) is 0 Å². The molecule has 2 heterocycles. The third-order valence-corrected chi connectivity index (χ3v) is 3.00. The maximum atomic E-state index is 11.7. The fourth-order valence-electron chi connectivity index (χ4n) is 1.24. The third-order valence-electron chi connectivity index (χ3n) is 2.05. The molecular weight excluding hydrogens is 222 g/mol. The molecule has 0 spiro atoms. The first-order valence-electron chi connectivity index (χ1n) is 4.78. The number of nitrogens with zero attached hydrogens (tertiary/aromatic N) is 1. The number of rotatable bonds is 3. The molecule has 0 saturated carbocycles. The van der Waals surface area contributed by atoms with Gasteiger partial charge in [-0.25, -0.2) is 4.98 Å². The molecule has 1 amide bonds. The number of anilines is 1. The SMILES string of the molecule is NC(C(=O)Nc1ccccn1)c1cccs1. The summed E-state index contributed by atoms with van der Waals surface area (Å²) in [6.07, 6.45) is 1.62. The molecule has 0 bridgehead atoms. The minimum Gasteiger partial charge on any atom is -0.316 e. The zero-order chi connectivity index (χ0) is 11.4. The minimum atomic E-state index is -0.637. The van der Waals surface area contributed by atoms with Gasteiger partial charge in [-0.3, -0.25) is 4.79 Å². The lowest BCUT2D eigenvalue weighted by atomic mass is 10.2.